The van der Waals surface area contributed by atoms with Gasteiger partial charge in [0.15, 0.2) is 0 Å². The number of amides is 2. The van der Waals surface area contributed by atoms with Crippen molar-refractivity contribution in [1.29, 1.82) is 0 Å². The summed E-state index contributed by atoms with van der Waals surface area (Å²) >= 11 is 0. The molecular formula is C11H21N3O2. The molecule has 1 unspecified atom stereocenters. The first-order valence-electron chi connectivity index (χ1n) is 5.86. The van der Waals surface area contributed by atoms with Crippen LogP contribution in [-0.4, -0.2) is 30.4 Å². The van der Waals surface area contributed by atoms with Crippen LogP contribution in [-0.2, 0) is 9.59 Å². The van der Waals surface area contributed by atoms with Crippen LogP contribution in [0.1, 0.15) is 39.0 Å². The molecule has 0 aromatic carbocycles. The van der Waals surface area contributed by atoms with Gasteiger partial charge in [0.25, 0.3) is 0 Å². The van der Waals surface area contributed by atoms with E-state index in [9.17, 15) is 9.59 Å². The Balaban J connectivity index is 2.25. The van der Waals surface area contributed by atoms with E-state index >= 15 is 0 Å². The van der Waals surface area contributed by atoms with Gasteiger partial charge in [-0.1, -0.05) is 0 Å². The monoisotopic (exact) mass is 227 g/mol. The van der Waals surface area contributed by atoms with Crippen LogP contribution in [0.15, 0.2) is 0 Å². The highest BCUT2D eigenvalue weighted by molar-refractivity contribution is 5.86. The molecule has 0 aromatic rings. The van der Waals surface area contributed by atoms with Crippen molar-refractivity contribution in [3.63, 3.8) is 0 Å². The fraction of sp³-hybridized carbons (Fsp3) is 0.818. The van der Waals surface area contributed by atoms with E-state index in [2.05, 4.69) is 10.6 Å². The Morgan fingerprint density at radius 2 is 2.19 bits per heavy atom. The first kappa shape index (κ1) is 13.0. The summed E-state index contributed by atoms with van der Waals surface area (Å²) in [6, 6.07) is 0. The fourth-order valence-corrected chi connectivity index (χ4v) is 1.91. The lowest BCUT2D eigenvalue weighted by Gasteiger charge is -2.33. The topological polar surface area (TPSA) is 84.2 Å². The van der Waals surface area contributed by atoms with Crippen molar-refractivity contribution in [2.45, 2.75) is 44.6 Å². The lowest BCUT2D eigenvalue weighted by Crippen LogP contribution is -2.57. The van der Waals surface area contributed by atoms with Crippen molar-refractivity contribution in [3.05, 3.63) is 0 Å². The quantitative estimate of drug-likeness (QED) is 0.573. The molecular weight excluding hydrogens is 206 g/mol. The van der Waals surface area contributed by atoms with E-state index < -0.39 is 5.54 Å². The summed E-state index contributed by atoms with van der Waals surface area (Å²) in [6.07, 6.45) is 4.01. The molecule has 0 saturated carbocycles. The zero-order chi connectivity index (χ0) is 12.0. The minimum absolute atomic E-state index is 0.0247. The number of hydrogen-bond acceptors (Lipinski definition) is 3. The van der Waals surface area contributed by atoms with Crippen LogP contribution in [0.5, 0.6) is 0 Å². The molecule has 0 aliphatic carbocycles. The van der Waals surface area contributed by atoms with Crippen molar-refractivity contribution in [3.8, 4) is 0 Å². The molecule has 16 heavy (non-hydrogen) atoms. The van der Waals surface area contributed by atoms with Crippen LogP contribution < -0.4 is 16.4 Å². The molecule has 1 aliphatic rings. The molecule has 5 nitrogen and oxygen atoms in total. The van der Waals surface area contributed by atoms with Gasteiger partial charge in [0.2, 0.25) is 11.8 Å². The Bertz CT molecular complexity index is 260. The van der Waals surface area contributed by atoms with Gasteiger partial charge in [-0.05, 0) is 39.2 Å². The van der Waals surface area contributed by atoms with Crippen LogP contribution in [0.3, 0.4) is 0 Å². The minimum Gasteiger partial charge on any atom is -0.370 e. The second-order valence-electron chi connectivity index (χ2n) is 4.54. The molecule has 5 heteroatoms. The third-order valence-corrected chi connectivity index (χ3v) is 3.01. The average Bonchev–Trinajstić information content (AvgIpc) is 2.25. The number of piperidine rings is 1. The van der Waals surface area contributed by atoms with Crippen LogP contribution in [0.4, 0.5) is 0 Å². The SMILES string of the molecule is CC1(C(=O)NCCCC(N)=O)CCCCN1. The maximum atomic E-state index is 11.9. The molecule has 1 rings (SSSR count). The van der Waals surface area contributed by atoms with Gasteiger partial charge in [-0.15, -0.1) is 0 Å². The summed E-state index contributed by atoms with van der Waals surface area (Å²) in [6.45, 7) is 3.33. The largest absolute Gasteiger partial charge is 0.370 e. The maximum Gasteiger partial charge on any atom is 0.240 e. The highest BCUT2D eigenvalue weighted by Gasteiger charge is 2.33. The zero-order valence-electron chi connectivity index (χ0n) is 9.84. The summed E-state index contributed by atoms with van der Waals surface area (Å²) in [7, 11) is 0. The second kappa shape index (κ2) is 5.84. The van der Waals surface area contributed by atoms with Crippen molar-refractivity contribution in [2.75, 3.05) is 13.1 Å². The van der Waals surface area contributed by atoms with Gasteiger partial charge in [-0.3, -0.25) is 9.59 Å². The summed E-state index contributed by atoms with van der Waals surface area (Å²) in [5.41, 5.74) is 4.57. The van der Waals surface area contributed by atoms with Crippen molar-refractivity contribution in [1.82, 2.24) is 10.6 Å². The number of hydrogen-bond donors (Lipinski definition) is 3. The van der Waals surface area contributed by atoms with Crippen LogP contribution in [0.2, 0.25) is 0 Å². The average molecular weight is 227 g/mol. The Morgan fingerprint density at radius 1 is 1.44 bits per heavy atom. The van der Waals surface area contributed by atoms with E-state index in [0.29, 0.717) is 19.4 Å². The Morgan fingerprint density at radius 3 is 2.75 bits per heavy atom. The van der Waals surface area contributed by atoms with Gasteiger partial charge in [0.05, 0.1) is 5.54 Å². The van der Waals surface area contributed by atoms with Gasteiger partial charge in [-0.25, -0.2) is 0 Å². The van der Waals surface area contributed by atoms with E-state index in [1.165, 1.54) is 0 Å². The lowest BCUT2D eigenvalue weighted by atomic mass is 9.90. The van der Waals surface area contributed by atoms with Gasteiger partial charge >= 0.3 is 0 Å². The number of nitrogens with two attached hydrogens (primary N) is 1. The number of carbonyl (C=O) groups is 2. The molecule has 0 bridgehead atoms. The Labute approximate surface area is 96.1 Å². The minimum atomic E-state index is -0.440. The first-order chi connectivity index (χ1) is 7.54. The maximum absolute atomic E-state index is 11.9. The van der Waals surface area contributed by atoms with Crippen LogP contribution >= 0.6 is 0 Å². The third kappa shape index (κ3) is 3.81. The lowest BCUT2D eigenvalue weighted by molar-refractivity contribution is -0.128. The number of rotatable bonds is 5. The standard InChI is InChI=1S/C11H21N3O2/c1-11(6-2-3-8-14-11)10(16)13-7-4-5-9(12)15/h14H,2-8H2,1H3,(H2,12,15)(H,13,16). The third-order valence-electron chi connectivity index (χ3n) is 3.01. The van der Waals surface area contributed by atoms with E-state index in [1.807, 2.05) is 6.92 Å². The molecule has 1 heterocycles. The van der Waals surface area contributed by atoms with Gasteiger partial charge in [-0.2, -0.15) is 0 Å². The van der Waals surface area contributed by atoms with E-state index in [-0.39, 0.29) is 11.8 Å². The summed E-state index contributed by atoms with van der Waals surface area (Å²) < 4.78 is 0. The number of carbonyl (C=O) groups excluding carboxylic acids is 2. The van der Waals surface area contributed by atoms with Crippen LogP contribution in [0, 0.1) is 0 Å². The molecule has 2 amide bonds. The molecule has 92 valence electrons. The Hall–Kier alpha value is -1.10. The summed E-state index contributed by atoms with van der Waals surface area (Å²) in [4.78, 5) is 22.4. The second-order valence-corrected chi connectivity index (χ2v) is 4.54. The molecule has 0 radical (unpaired) electrons. The predicted octanol–water partition coefficient (Wildman–Crippen LogP) is -0.0997. The molecule has 0 spiro atoms. The number of primary amides is 1. The van der Waals surface area contributed by atoms with Gasteiger partial charge < -0.3 is 16.4 Å². The van der Waals surface area contributed by atoms with Gasteiger partial charge in [0.1, 0.15) is 0 Å². The highest BCUT2D eigenvalue weighted by atomic mass is 16.2. The van der Waals surface area contributed by atoms with Crippen LogP contribution in [0.25, 0.3) is 0 Å². The first-order valence-corrected chi connectivity index (χ1v) is 5.86. The normalized spacial score (nSPS) is 25.1. The van der Waals surface area contributed by atoms with Crippen molar-refractivity contribution in [2.24, 2.45) is 5.73 Å². The summed E-state index contributed by atoms with van der Waals surface area (Å²) in [5.74, 6) is -0.298. The van der Waals surface area contributed by atoms with Gasteiger partial charge in [0, 0.05) is 13.0 Å². The molecule has 4 N–H and O–H groups in total. The van der Waals surface area contributed by atoms with E-state index in [4.69, 9.17) is 5.73 Å². The molecule has 1 atom stereocenters. The molecule has 1 aliphatic heterocycles. The fourth-order valence-electron chi connectivity index (χ4n) is 1.91. The molecule has 1 saturated heterocycles. The van der Waals surface area contributed by atoms with E-state index in [1.54, 1.807) is 0 Å². The van der Waals surface area contributed by atoms with Crippen molar-refractivity contribution >= 4 is 11.8 Å². The zero-order valence-corrected chi connectivity index (χ0v) is 9.84. The molecule has 1 fully saturated rings. The predicted molar refractivity (Wildman–Crippen MR) is 61.7 cm³/mol. The molecule has 0 aromatic heterocycles. The van der Waals surface area contributed by atoms with E-state index in [0.717, 1.165) is 25.8 Å². The summed E-state index contributed by atoms with van der Waals surface area (Å²) in [5, 5.41) is 6.08. The Kier molecular flexibility index (Phi) is 4.73. The number of nitrogens with one attached hydrogen (secondary N) is 2. The van der Waals surface area contributed by atoms with Crippen molar-refractivity contribution < 1.29 is 9.59 Å². The highest BCUT2D eigenvalue weighted by Crippen LogP contribution is 2.18. The smallest absolute Gasteiger partial charge is 0.240 e.